The molecule has 114 valence electrons. The number of hydrogen-bond acceptors (Lipinski definition) is 4. The van der Waals surface area contributed by atoms with Gasteiger partial charge in [-0.25, -0.2) is 4.79 Å². The van der Waals surface area contributed by atoms with Gasteiger partial charge in [0.2, 0.25) is 0 Å². The van der Waals surface area contributed by atoms with Crippen molar-refractivity contribution in [2.24, 2.45) is 0 Å². The summed E-state index contributed by atoms with van der Waals surface area (Å²) in [7, 11) is 0. The molecule has 0 saturated carbocycles. The summed E-state index contributed by atoms with van der Waals surface area (Å²) in [6.07, 6.45) is 1.25. The van der Waals surface area contributed by atoms with E-state index >= 15 is 0 Å². The molecule has 0 spiro atoms. The average molecular weight is 297 g/mol. The first-order chi connectivity index (χ1) is 10.7. The normalized spacial score (nSPS) is 11.0. The topological polar surface area (TPSA) is 58.6 Å². The van der Waals surface area contributed by atoms with Gasteiger partial charge in [-0.15, -0.1) is 0 Å². The maximum absolute atomic E-state index is 11.5. The fourth-order valence-corrected chi connectivity index (χ4v) is 1.81. The summed E-state index contributed by atoms with van der Waals surface area (Å²) >= 11 is 0. The van der Waals surface area contributed by atoms with Crippen molar-refractivity contribution in [3.63, 3.8) is 0 Å². The van der Waals surface area contributed by atoms with Crippen LogP contribution in [0.3, 0.4) is 0 Å². The fraction of sp³-hybridized carbons (Fsp3) is 0.167. The van der Waals surface area contributed by atoms with Gasteiger partial charge in [0, 0.05) is 0 Å². The number of rotatable bonds is 6. The molecular weight excluding hydrogens is 280 g/mol. The van der Waals surface area contributed by atoms with Gasteiger partial charge in [0.15, 0.2) is 0 Å². The zero-order valence-electron chi connectivity index (χ0n) is 12.3. The molecule has 0 aliphatic heterocycles. The number of esters is 1. The highest BCUT2D eigenvalue weighted by atomic mass is 16.5. The highest BCUT2D eigenvalue weighted by molar-refractivity contribution is 5.90. The molecule has 4 heteroatoms. The van der Waals surface area contributed by atoms with Crippen LogP contribution in [0.4, 0.5) is 0 Å². The Bertz CT molecular complexity index is 630. The Hall–Kier alpha value is -2.75. The van der Waals surface area contributed by atoms with E-state index in [9.17, 15) is 9.90 Å². The minimum absolute atomic E-state index is 0.185. The third-order valence-electron chi connectivity index (χ3n) is 2.90. The molecule has 2 aromatic rings. The maximum Gasteiger partial charge on any atom is 0.322 e. The van der Waals surface area contributed by atoms with Crippen LogP contribution in [0.2, 0.25) is 0 Å². The Balaban J connectivity index is 1.95. The summed E-state index contributed by atoms with van der Waals surface area (Å²) in [5, 5.41) is 11.5. The van der Waals surface area contributed by atoms with Crippen molar-refractivity contribution in [2.45, 2.75) is 13.5 Å². The molecule has 0 amide bonds. The number of ether oxygens (including phenoxy) is 2. The Morgan fingerprint density at radius 1 is 1.09 bits per heavy atom. The summed E-state index contributed by atoms with van der Waals surface area (Å²) in [6.45, 7) is 2.32. The molecule has 0 aromatic heterocycles. The summed E-state index contributed by atoms with van der Waals surface area (Å²) in [5.41, 5.74) is 1.71. The van der Waals surface area contributed by atoms with Crippen LogP contribution in [0.15, 0.2) is 60.4 Å². The van der Waals surface area contributed by atoms with Gasteiger partial charge in [-0.1, -0.05) is 48.5 Å². The van der Waals surface area contributed by atoms with Gasteiger partial charge >= 0.3 is 5.97 Å². The smallest absolute Gasteiger partial charge is 0.322 e. The fourth-order valence-electron chi connectivity index (χ4n) is 1.81. The van der Waals surface area contributed by atoms with Crippen LogP contribution in [0.25, 0.3) is 6.08 Å². The van der Waals surface area contributed by atoms with Crippen LogP contribution in [-0.2, 0) is 16.1 Å². The van der Waals surface area contributed by atoms with Crippen LogP contribution in [0.5, 0.6) is 5.75 Å². The van der Waals surface area contributed by atoms with Crippen molar-refractivity contribution >= 4 is 12.0 Å². The van der Waals surface area contributed by atoms with Crippen LogP contribution >= 0.6 is 0 Å². The van der Waals surface area contributed by atoms with Gasteiger partial charge < -0.3 is 14.6 Å². The first kappa shape index (κ1) is 15.6. The maximum atomic E-state index is 11.5. The summed E-state index contributed by atoms with van der Waals surface area (Å²) in [5.74, 6) is -0.809. The van der Waals surface area contributed by atoms with Crippen molar-refractivity contribution in [3.05, 3.63) is 71.5 Å². The van der Waals surface area contributed by atoms with Crippen LogP contribution in [0, 0.1) is 0 Å². The lowest BCUT2D eigenvalue weighted by Gasteiger charge is -2.10. The number of hydrogen-bond donors (Lipinski definition) is 0. The predicted molar refractivity (Wildman–Crippen MR) is 81.8 cm³/mol. The minimum atomic E-state index is -0.841. The Kier molecular flexibility index (Phi) is 5.60. The zero-order valence-corrected chi connectivity index (χ0v) is 12.3. The molecule has 0 N–H and O–H groups in total. The molecule has 0 saturated heterocycles. The summed E-state index contributed by atoms with van der Waals surface area (Å²) < 4.78 is 10.3. The molecule has 0 heterocycles. The van der Waals surface area contributed by atoms with E-state index < -0.39 is 11.7 Å². The van der Waals surface area contributed by atoms with E-state index in [1.54, 1.807) is 31.2 Å². The number of carbonyl (C=O) groups is 1. The van der Waals surface area contributed by atoms with Crippen molar-refractivity contribution in [2.75, 3.05) is 6.61 Å². The molecule has 0 unspecified atom stereocenters. The molecular formula is C18H17O4-. The second kappa shape index (κ2) is 7.88. The number of benzene rings is 2. The first-order valence-electron chi connectivity index (χ1n) is 7.01. The third-order valence-corrected chi connectivity index (χ3v) is 2.90. The predicted octanol–water partition coefficient (Wildman–Crippen LogP) is 2.53. The van der Waals surface area contributed by atoms with Crippen molar-refractivity contribution in [1.82, 2.24) is 0 Å². The Labute approximate surface area is 129 Å². The standard InChI is InChI=1S/C18H18O4/c1-2-21-18(20)17(19)12-14-8-10-16(11-9-14)22-13-15-6-4-3-5-7-15/h3-12,19H,2,13H2,1H3/p-1/b17-12-. The van der Waals surface area contributed by atoms with Gasteiger partial charge in [-0.3, -0.25) is 0 Å². The van der Waals surface area contributed by atoms with E-state index in [0.29, 0.717) is 17.9 Å². The molecule has 2 aromatic carbocycles. The third kappa shape index (κ3) is 4.66. The van der Waals surface area contributed by atoms with Gasteiger partial charge in [0.05, 0.1) is 6.61 Å². The van der Waals surface area contributed by atoms with Crippen molar-refractivity contribution < 1.29 is 19.4 Å². The van der Waals surface area contributed by atoms with E-state index in [0.717, 1.165) is 5.56 Å². The molecule has 0 radical (unpaired) electrons. The molecule has 0 atom stereocenters. The van der Waals surface area contributed by atoms with Crippen LogP contribution in [0.1, 0.15) is 18.1 Å². The van der Waals surface area contributed by atoms with Gasteiger partial charge in [-0.2, -0.15) is 0 Å². The second-order valence-corrected chi connectivity index (χ2v) is 4.57. The van der Waals surface area contributed by atoms with Gasteiger partial charge in [-0.05, 0) is 35.9 Å². The minimum Gasteiger partial charge on any atom is -0.868 e. The Morgan fingerprint density at radius 2 is 1.77 bits per heavy atom. The molecule has 0 aliphatic carbocycles. The van der Waals surface area contributed by atoms with E-state index in [-0.39, 0.29) is 6.61 Å². The molecule has 22 heavy (non-hydrogen) atoms. The average Bonchev–Trinajstić information content (AvgIpc) is 2.55. The highest BCUT2D eigenvalue weighted by Gasteiger charge is 2.00. The Morgan fingerprint density at radius 3 is 2.41 bits per heavy atom. The second-order valence-electron chi connectivity index (χ2n) is 4.57. The van der Waals surface area contributed by atoms with Crippen molar-refractivity contribution in [3.8, 4) is 5.75 Å². The van der Waals surface area contributed by atoms with E-state index in [1.165, 1.54) is 6.08 Å². The quantitative estimate of drug-likeness (QED) is 0.467. The van der Waals surface area contributed by atoms with E-state index in [2.05, 4.69) is 4.74 Å². The molecule has 2 rings (SSSR count). The largest absolute Gasteiger partial charge is 0.868 e. The van der Waals surface area contributed by atoms with Crippen molar-refractivity contribution in [1.29, 1.82) is 0 Å². The molecule has 0 fully saturated rings. The van der Waals surface area contributed by atoms with Gasteiger partial charge in [0.1, 0.15) is 12.4 Å². The lowest BCUT2D eigenvalue weighted by Crippen LogP contribution is -2.17. The lowest BCUT2D eigenvalue weighted by atomic mass is 10.2. The van der Waals surface area contributed by atoms with Crippen LogP contribution < -0.4 is 9.84 Å². The molecule has 4 nitrogen and oxygen atoms in total. The van der Waals surface area contributed by atoms with E-state index in [1.807, 2.05) is 30.3 Å². The highest BCUT2D eigenvalue weighted by Crippen LogP contribution is 2.15. The number of carbonyl (C=O) groups excluding carboxylic acids is 1. The van der Waals surface area contributed by atoms with E-state index in [4.69, 9.17) is 4.74 Å². The SMILES string of the molecule is CCOC(=O)/C([O-])=C/c1ccc(OCc2ccccc2)cc1. The monoisotopic (exact) mass is 297 g/mol. The molecule has 0 aliphatic rings. The lowest BCUT2D eigenvalue weighted by molar-refractivity contribution is -0.301. The van der Waals surface area contributed by atoms with Crippen LogP contribution in [-0.4, -0.2) is 12.6 Å². The zero-order chi connectivity index (χ0) is 15.8. The van der Waals surface area contributed by atoms with Gasteiger partial charge in [0.25, 0.3) is 0 Å². The summed E-state index contributed by atoms with van der Waals surface area (Å²) in [6, 6.07) is 16.8. The first-order valence-corrected chi connectivity index (χ1v) is 7.01. The summed E-state index contributed by atoms with van der Waals surface area (Å²) in [4.78, 5) is 11.2. The molecule has 0 bridgehead atoms.